The van der Waals surface area contributed by atoms with Crippen LogP contribution in [-0.4, -0.2) is 36.6 Å². The average molecular weight is 577 g/mol. The fourth-order valence-electron chi connectivity index (χ4n) is 5.17. The Bertz CT molecular complexity index is 1870. The van der Waals surface area contributed by atoms with E-state index in [2.05, 4.69) is 15.6 Å². The van der Waals surface area contributed by atoms with Gasteiger partial charge in [0.15, 0.2) is 5.75 Å². The van der Waals surface area contributed by atoms with Gasteiger partial charge in [-0.15, -0.1) is 0 Å². The Morgan fingerprint density at radius 1 is 0.814 bits per heavy atom. The Balaban J connectivity index is 1.20. The molecule has 0 spiro atoms. The van der Waals surface area contributed by atoms with Gasteiger partial charge in [-0.3, -0.25) is 14.9 Å². The Kier molecular flexibility index (Phi) is 7.48. The molecule has 1 aliphatic heterocycles. The predicted octanol–water partition coefficient (Wildman–Crippen LogP) is 7.15. The molecule has 0 atom stereocenters. The molecule has 0 aliphatic carbocycles. The van der Waals surface area contributed by atoms with Crippen molar-refractivity contribution in [3.8, 4) is 28.5 Å². The fraction of sp³-hybridized carbons (Fsp3) is 0.152. The van der Waals surface area contributed by atoms with Crippen molar-refractivity contribution in [2.75, 3.05) is 31.5 Å². The van der Waals surface area contributed by atoms with Crippen molar-refractivity contribution in [2.45, 2.75) is 12.8 Å². The lowest BCUT2D eigenvalue weighted by Crippen LogP contribution is -2.11. The van der Waals surface area contributed by atoms with E-state index >= 15 is 0 Å². The van der Waals surface area contributed by atoms with E-state index in [0.717, 1.165) is 21.9 Å². The summed E-state index contributed by atoms with van der Waals surface area (Å²) < 4.78 is 16.8. The summed E-state index contributed by atoms with van der Waals surface area (Å²) in [5.41, 5.74) is 4.67. The lowest BCUT2D eigenvalue weighted by molar-refractivity contribution is -0.385. The topological polar surface area (TPSA) is 125 Å². The van der Waals surface area contributed by atoms with E-state index in [1.54, 1.807) is 37.6 Å². The molecule has 2 N–H and O–H groups in total. The third kappa shape index (κ3) is 5.62. The number of nitrogens with one attached hydrogen (secondary N) is 2. The molecular formula is C33H28N4O6. The number of nitro benzene ring substituents is 1. The summed E-state index contributed by atoms with van der Waals surface area (Å²) in [6, 6.07) is 23.8. The fourth-order valence-corrected chi connectivity index (χ4v) is 5.17. The number of ether oxygens (including phenoxy) is 3. The average Bonchev–Trinajstić information content (AvgIpc) is 3.16. The van der Waals surface area contributed by atoms with Crippen LogP contribution in [0.4, 0.5) is 22.7 Å². The molecule has 1 amide bonds. The Morgan fingerprint density at radius 3 is 2.35 bits per heavy atom. The number of hydrogen-bond acceptors (Lipinski definition) is 8. The van der Waals surface area contributed by atoms with Gasteiger partial charge in [-0.2, -0.15) is 0 Å². The molecular weight excluding hydrogens is 548 g/mol. The number of nitrogens with zero attached hydrogens (tertiary/aromatic N) is 2. The summed E-state index contributed by atoms with van der Waals surface area (Å²) in [5.74, 6) is 1.16. The van der Waals surface area contributed by atoms with Gasteiger partial charge >= 0.3 is 5.69 Å². The van der Waals surface area contributed by atoms with Crippen LogP contribution in [0.3, 0.4) is 0 Å². The third-order valence-corrected chi connectivity index (χ3v) is 7.36. The molecule has 5 aromatic rings. The van der Waals surface area contributed by atoms with E-state index in [4.69, 9.17) is 14.2 Å². The second-order valence-corrected chi connectivity index (χ2v) is 10.0. The van der Waals surface area contributed by atoms with Crippen molar-refractivity contribution < 1.29 is 23.9 Å². The first-order chi connectivity index (χ1) is 20.9. The molecule has 0 saturated carbocycles. The maximum Gasteiger partial charge on any atom is 0.310 e. The van der Waals surface area contributed by atoms with E-state index in [-0.39, 0.29) is 17.3 Å². The molecule has 2 heterocycles. The van der Waals surface area contributed by atoms with Crippen molar-refractivity contribution in [3.05, 3.63) is 106 Å². The van der Waals surface area contributed by atoms with E-state index in [1.165, 1.54) is 13.2 Å². The number of benzene rings is 4. The smallest absolute Gasteiger partial charge is 0.310 e. The molecule has 1 aromatic heterocycles. The maximum absolute atomic E-state index is 13.2. The van der Waals surface area contributed by atoms with Crippen LogP contribution in [0.25, 0.3) is 21.9 Å². The summed E-state index contributed by atoms with van der Waals surface area (Å²) in [5, 5.41) is 19.8. The van der Waals surface area contributed by atoms with Crippen molar-refractivity contribution in [3.63, 3.8) is 0 Å². The first-order valence-corrected chi connectivity index (χ1v) is 13.7. The second-order valence-electron chi connectivity index (χ2n) is 10.0. The van der Waals surface area contributed by atoms with Crippen LogP contribution >= 0.6 is 0 Å². The highest BCUT2D eigenvalue weighted by Crippen LogP contribution is 2.39. The van der Waals surface area contributed by atoms with Crippen molar-refractivity contribution in [1.29, 1.82) is 0 Å². The van der Waals surface area contributed by atoms with Crippen LogP contribution in [0.15, 0.2) is 85.1 Å². The van der Waals surface area contributed by atoms with Crippen molar-refractivity contribution in [1.82, 2.24) is 4.98 Å². The summed E-state index contributed by atoms with van der Waals surface area (Å²) in [7, 11) is 3.01. The zero-order valence-corrected chi connectivity index (χ0v) is 23.5. The number of carbonyl (C=O) groups is 1. The normalized spacial score (nSPS) is 11.9. The number of methoxy groups -OCH3 is 2. The SMILES string of the molecule is COc1cc2c(cc1CCCOc1cc3ccccc3cn1)NC(=O)c1ccc(-c3ccc([N+](=O)[O-])c(OC)c3)cc1N2. The largest absolute Gasteiger partial charge is 0.496 e. The highest BCUT2D eigenvalue weighted by Gasteiger charge is 2.22. The first kappa shape index (κ1) is 27.5. The number of rotatable bonds is 9. The number of hydrogen-bond donors (Lipinski definition) is 2. The molecule has 0 radical (unpaired) electrons. The molecule has 0 fully saturated rings. The van der Waals surface area contributed by atoms with E-state index in [9.17, 15) is 14.9 Å². The standard InChI is InChI=1S/C33H28N4O6/c1-41-30-18-28-27(15-23(30)8-5-13-43-32-17-20-6-3-4-7-24(20)19-34-32)36-33(38)25-11-9-21(14-26(25)35-28)22-10-12-29(37(39)40)31(16-22)42-2/h3-4,6-7,9-12,14-19,35H,5,8,13H2,1-2H3,(H,36,38). The molecule has 1 aliphatic rings. The zero-order valence-electron chi connectivity index (χ0n) is 23.5. The molecule has 4 aromatic carbocycles. The second kappa shape index (κ2) is 11.7. The van der Waals surface area contributed by atoms with Gasteiger partial charge in [-0.05, 0) is 65.3 Å². The lowest BCUT2D eigenvalue weighted by Gasteiger charge is -2.15. The monoisotopic (exact) mass is 576 g/mol. The number of pyridine rings is 1. The van der Waals surface area contributed by atoms with Gasteiger partial charge in [0.25, 0.3) is 5.91 Å². The van der Waals surface area contributed by atoms with E-state index in [0.29, 0.717) is 59.3 Å². The molecule has 0 unspecified atom stereocenters. The van der Waals surface area contributed by atoms with Gasteiger partial charge in [0.2, 0.25) is 5.88 Å². The van der Waals surface area contributed by atoms with Gasteiger partial charge in [0.1, 0.15) is 5.75 Å². The van der Waals surface area contributed by atoms with Gasteiger partial charge in [-0.1, -0.05) is 30.3 Å². The van der Waals surface area contributed by atoms with Crippen molar-refractivity contribution in [2.24, 2.45) is 0 Å². The van der Waals surface area contributed by atoms with Crippen LogP contribution in [-0.2, 0) is 6.42 Å². The minimum atomic E-state index is -0.487. The zero-order chi connectivity index (χ0) is 29.9. The molecule has 10 nitrogen and oxygen atoms in total. The van der Waals surface area contributed by atoms with E-state index in [1.807, 2.05) is 48.5 Å². The van der Waals surface area contributed by atoms with Crippen LogP contribution < -0.4 is 24.8 Å². The van der Waals surface area contributed by atoms with Crippen LogP contribution in [0.2, 0.25) is 0 Å². The van der Waals surface area contributed by atoms with Gasteiger partial charge in [0.05, 0.1) is 48.4 Å². The number of amides is 1. The summed E-state index contributed by atoms with van der Waals surface area (Å²) in [6.45, 7) is 0.470. The number of nitro groups is 1. The molecule has 10 heteroatoms. The van der Waals surface area contributed by atoms with Crippen LogP contribution in [0, 0.1) is 10.1 Å². The highest BCUT2D eigenvalue weighted by molar-refractivity contribution is 6.12. The third-order valence-electron chi connectivity index (χ3n) is 7.36. The van der Waals surface area contributed by atoms with E-state index < -0.39 is 4.92 Å². The summed E-state index contributed by atoms with van der Waals surface area (Å²) in [6.07, 6.45) is 3.19. The molecule has 0 saturated heterocycles. The van der Waals surface area contributed by atoms with Crippen molar-refractivity contribution >= 4 is 39.4 Å². The van der Waals surface area contributed by atoms with Gasteiger partial charge < -0.3 is 24.8 Å². The molecule has 0 bridgehead atoms. The quantitative estimate of drug-likeness (QED) is 0.108. The number of anilines is 3. The Labute approximate surface area is 247 Å². The maximum atomic E-state index is 13.2. The minimum absolute atomic E-state index is 0.118. The number of aromatic nitrogens is 1. The Hall–Kier alpha value is -5.64. The van der Waals surface area contributed by atoms with Crippen LogP contribution in [0.1, 0.15) is 22.3 Å². The first-order valence-electron chi connectivity index (χ1n) is 13.7. The molecule has 216 valence electrons. The summed E-state index contributed by atoms with van der Waals surface area (Å²) in [4.78, 5) is 28.4. The minimum Gasteiger partial charge on any atom is -0.496 e. The number of carbonyl (C=O) groups excluding carboxylic acids is 1. The van der Waals surface area contributed by atoms with Gasteiger partial charge in [-0.25, -0.2) is 4.98 Å². The number of aryl methyl sites for hydroxylation is 1. The predicted molar refractivity (Wildman–Crippen MR) is 165 cm³/mol. The summed E-state index contributed by atoms with van der Waals surface area (Å²) >= 11 is 0. The Morgan fingerprint density at radius 2 is 1.56 bits per heavy atom. The lowest BCUT2D eigenvalue weighted by atomic mass is 10.0. The van der Waals surface area contributed by atoms with Crippen LogP contribution in [0.5, 0.6) is 17.4 Å². The highest BCUT2D eigenvalue weighted by atomic mass is 16.6. The van der Waals surface area contributed by atoms with Gasteiger partial charge in [0, 0.05) is 29.8 Å². The molecule has 6 rings (SSSR count). The number of fused-ring (bicyclic) bond motifs is 3. The molecule has 43 heavy (non-hydrogen) atoms.